The molecule has 0 saturated carbocycles. The highest BCUT2D eigenvalue weighted by Gasteiger charge is 2.29. The summed E-state index contributed by atoms with van der Waals surface area (Å²) >= 11 is 9.54. The van der Waals surface area contributed by atoms with E-state index < -0.39 is 22.5 Å². The van der Waals surface area contributed by atoms with Gasteiger partial charge in [-0.15, -0.1) is 0 Å². The number of carbonyl (C=O) groups is 1. The van der Waals surface area contributed by atoms with Crippen molar-refractivity contribution in [3.63, 3.8) is 0 Å². The van der Waals surface area contributed by atoms with Crippen LogP contribution in [0.5, 0.6) is 17.2 Å². The predicted molar refractivity (Wildman–Crippen MR) is 135 cm³/mol. The first kappa shape index (κ1) is 24.8. The van der Waals surface area contributed by atoms with Crippen LogP contribution in [0.15, 0.2) is 75.1 Å². The summed E-state index contributed by atoms with van der Waals surface area (Å²) < 4.78 is 44.5. The van der Waals surface area contributed by atoms with Gasteiger partial charge in [-0.25, -0.2) is 13.8 Å². The van der Waals surface area contributed by atoms with E-state index in [2.05, 4.69) is 26.5 Å². The number of nitrogens with zero attached hydrogens (tertiary/aromatic N) is 2. The topological polar surface area (TPSA) is 107 Å². The Labute approximate surface area is 215 Å². The summed E-state index contributed by atoms with van der Waals surface area (Å²) in [5.41, 5.74) is 3.10. The molecular weight excluding hydrogens is 562 g/mol. The van der Waals surface area contributed by atoms with Crippen molar-refractivity contribution in [3.8, 4) is 17.2 Å². The van der Waals surface area contributed by atoms with E-state index in [1.54, 1.807) is 36.4 Å². The summed E-state index contributed by atoms with van der Waals surface area (Å²) in [7, 11) is -2.75. The number of hydrogen-bond acceptors (Lipinski definition) is 7. The number of rotatable bonds is 8. The lowest BCUT2D eigenvalue weighted by Crippen LogP contribution is -2.39. The predicted octanol–water partition coefficient (Wildman–Crippen LogP) is 4.19. The fourth-order valence-corrected chi connectivity index (χ4v) is 5.28. The van der Waals surface area contributed by atoms with Gasteiger partial charge in [-0.1, -0.05) is 29.8 Å². The molecule has 0 aliphatic carbocycles. The maximum absolute atomic E-state index is 13.5. The third kappa shape index (κ3) is 5.53. The van der Waals surface area contributed by atoms with Crippen molar-refractivity contribution in [1.82, 2.24) is 5.43 Å². The van der Waals surface area contributed by atoms with E-state index in [4.69, 9.17) is 25.8 Å². The molecule has 1 heterocycles. The first-order chi connectivity index (χ1) is 16.8. The van der Waals surface area contributed by atoms with Gasteiger partial charge in [0, 0.05) is 15.1 Å². The van der Waals surface area contributed by atoms with E-state index in [-0.39, 0.29) is 28.1 Å². The largest absolute Gasteiger partial charge is 0.495 e. The van der Waals surface area contributed by atoms with E-state index in [0.29, 0.717) is 21.5 Å². The van der Waals surface area contributed by atoms with E-state index in [1.165, 1.54) is 37.6 Å². The number of methoxy groups -OCH3 is 1. The third-order valence-corrected chi connectivity index (χ3v) is 7.61. The molecule has 1 amide bonds. The molecule has 12 heteroatoms. The second-order valence-electron chi connectivity index (χ2n) is 7.16. The summed E-state index contributed by atoms with van der Waals surface area (Å²) in [6.07, 6.45) is 1.40. The summed E-state index contributed by atoms with van der Waals surface area (Å²) in [4.78, 5) is 12.8. The van der Waals surface area contributed by atoms with Crippen LogP contribution >= 0.6 is 27.5 Å². The van der Waals surface area contributed by atoms with E-state index in [1.807, 2.05) is 0 Å². The zero-order valence-corrected chi connectivity index (χ0v) is 21.4. The van der Waals surface area contributed by atoms with E-state index in [0.717, 1.165) is 4.31 Å². The number of carbonyl (C=O) groups excluding carboxylic acids is 1. The third-order valence-electron chi connectivity index (χ3n) is 4.91. The molecule has 3 aromatic rings. The Morgan fingerprint density at radius 3 is 2.60 bits per heavy atom. The SMILES string of the molecule is COc1ccc(Cl)cc1N(CC(=O)N/N=C/c1cc2c(cc1Br)OCO2)S(=O)(=O)c1ccccc1. The first-order valence-corrected chi connectivity index (χ1v) is 12.7. The number of fused-ring (bicyclic) bond motifs is 1. The van der Waals surface area contributed by atoms with Crippen molar-refractivity contribution in [2.75, 3.05) is 24.8 Å². The summed E-state index contributed by atoms with van der Waals surface area (Å²) in [6, 6.07) is 15.7. The molecule has 0 unspecified atom stereocenters. The number of benzene rings is 3. The van der Waals surface area contributed by atoms with Crippen LogP contribution in [0, 0.1) is 0 Å². The smallest absolute Gasteiger partial charge is 0.264 e. The fraction of sp³-hybridized carbons (Fsp3) is 0.130. The molecule has 1 N–H and O–H groups in total. The molecule has 0 atom stereocenters. The van der Waals surface area contributed by atoms with Crippen LogP contribution in [0.1, 0.15) is 5.56 Å². The number of halogens is 2. The monoisotopic (exact) mass is 579 g/mol. The maximum Gasteiger partial charge on any atom is 0.264 e. The Hall–Kier alpha value is -3.28. The minimum absolute atomic E-state index is 0.00243. The summed E-state index contributed by atoms with van der Waals surface area (Å²) in [5.74, 6) is 0.693. The highest BCUT2D eigenvalue weighted by atomic mass is 79.9. The standard InChI is InChI=1S/C23H19BrClN3O6S/c1-32-20-8-7-16(25)10-19(20)28(35(30,31)17-5-3-2-4-6-17)13-23(29)27-26-12-15-9-21-22(11-18(15)24)34-14-33-21/h2-12H,13-14H2,1H3,(H,27,29)/b26-12+. The Balaban J connectivity index is 1.60. The number of hydrazone groups is 1. The van der Waals surface area contributed by atoms with Gasteiger partial charge in [-0.05, 0) is 58.4 Å². The van der Waals surface area contributed by atoms with Gasteiger partial charge < -0.3 is 14.2 Å². The van der Waals surface area contributed by atoms with Gasteiger partial charge in [-0.2, -0.15) is 5.10 Å². The van der Waals surface area contributed by atoms with Crippen molar-refractivity contribution < 1.29 is 27.4 Å². The fourth-order valence-electron chi connectivity index (χ4n) is 3.25. The Kier molecular flexibility index (Phi) is 7.48. The molecule has 0 aromatic heterocycles. The number of ether oxygens (including phenoxy) is 3. The van der Waals surface area contributed by atoms with Crippen molar-refractivity contribution in [2.24, 2.45) is 5.10 Å². The number of nitrogens with one attached hydrogen (secondary N) is 1. The second kappa shape index (κ2) is 10.5. The molecule has 0 bridgehead atoms. The molecule has 0 saturated heterocycles. The Morgan fingerprint density at radius 2 is 1.89 bits per heavy atom. The number of amides is 1. The Bertz CT molecular complexity index is 1390. The molecule has 3 aromatic carbocycles. The lowest BCUT2D eigenvalue weighted by molar-refractivity contribution is -0.119. The van der Waals surface area contributed by atoms with Crippen LogP contribution in [0.25, 0.3) is 0 Å². The molecule has 0 radical (unpaired) electrons. The van der Waals surface area contributed by atoms with Gasteiger partial charge in [-0.3, -0.25) is 9.10 Å². The van der Waals surface area contributed by atoms with Crippen LogP contribution in [-0.4, -0.2) is 41.0 Å². The van der Waals surface area contributed by atoms with Crippen molar-refractivity contribution >= 4 is 55.4 Å². The second-order valence-corrected chi connectivity index (χ2v) is 10.3. The average Bonchev–Trinajstić information content (AvgIpc) is 3.30. The van der Waals surface area contributed by atoms with Gasteiger partial charge in [0.2, 0.25) is 6.79 Å². The maximum atomic E-state index is 13.5. The van der Waals surface area contributed by atoms with Crippen LogP contribution in [0.3, 0.4) is 0 Å². The average molecular weight is 581 g/mol. The summed E-state index contributed by atoms with van der Waals surface area (Å²) in [5, 5.41) is 4.24. The van der Waals surface area contributed by atoms with Gasteiger partial charge >= 0.3 is 0 Å². The van der Waals surface area contributed by atoms with Gasteiger partial charge in [0.1, 0.15) is 12.3 Å². The highest BCUT2D eigenvalue weighted by Crippen LogP contribution is 2.36. The van der Waals surface area contributed by atoms with Crippen molar-refractivity contribution in [1.29, 1.82) is 0 Å². The van der Waals surface area contributed by atoms with Crippen LogP contribution in [0.2, 0.25) is 5.02 Å². The van der Waals surface area contributed by atoms with Crippen molar-refractivity contribution in [2.45, 2.75) is 4.90 Å². The van der Waals surface area contributed by atoms with Crippen LogP contribution in [-0.2, 0) is 14.8 Å². The molecule has 1 aliphatic rings. The molecular formula is C23H19BrClN3O6S. The van der Waals surface area contributed by atoms with Crippen LogP contribution in [0.4, 0.5) is 5.69 Å². The summed E-state index contributed by atoms with van der Waals surface area (Å²) in [6.45, 7) is -0.453. The minimum Gasteiger partial charge on any atom is -0.495 e. The van der Waals surface area contributed by atoms with Gasteiger partial charge in [0.25, 0.3) is 15.9 Å². The molecule has 4 rings (SSSR count). The molecule has 0 spiro atoms. The lowest BCUT2D eigenvalue weighted by Gasteiger charge is -2.25. The molecule has 0 fully saturated rings. The van der Waals surface area contributed by atoms with Crippen LogP contribution < -0.4 is 23.9 Å². The number of anilines is 1. The number of hydrogen-bond donors (Lipinski definition) is 1. The molecule has 35 heavy (non-hydrogen) atoms. The lowest BCUT2D eigenvalue weighted by atomic mass is 10.2. The highest BCUT2D eigenvalue weighted by molar-refractivity contribution is 9.10. The van der Waals surface area contributed by atoms with E-state index in [9.17, 15) is 13.2 Å². The molecule has 9 nitrogen and oxygen atoms in total. The van der Waals surface area contributed by atoms with Crippen molar-refractivity contribution in [3.05, 3.63) is 75.7 Å². The minimum atomic E-state index is -4.15. The first-order valence-electron chi connectivity index (χ1n) is 10.1. The quantitative estimate of drug-likeness (QED) is 0.316. The normalized spacial score (nSPS) is 12.5. The van der Waals surface area contributed by atoms with Gasteiger partial charge in [0.15, 0.2) is 11.5 Å². The zero-order valence-electron chi connectivity index (χ0n) is 18.3. The molecule has 1 aliphatic heterocycles. The zero-order chi connectivity index (χ0) is 25.0. The molecule has 182 valence electrons. The Morgan fingerprint density at radius 1 is 1.17 bits per heavy atom. The van der Waals surface area contributed by atoms with E-state index >= 15 is 0 Å². The van der Waals surface area contributed by atoms with Gasteiger partial charge in [0.05, 0.1) is 23.9 Å². The number of sulfonamides is 1.